The van der Waals surface area contributed by atoms with Crippen LogP contribution in [0.15, 0.2) is 65.8 Å². The van der Waals surface area contributed by atoms with Crippen molar-refractivity contribution in [2.75, 3.05) is 6.54 Å². The highest BCUT2D eigenvalue weighted by Gasteiger charge is 2.28. The zero-order valence-corrected chi connectivity index (χ0v) is 15.8. The summed E-state index contributed by atoms with van der Waals surface area (Å²) in [5, 5.41) is 13.2. The van der Waals surface area contributed by atoms with Gasteiger partial charge in [0.1, 0.15) is 17.3 Å². The molecule has 1 aromatic heterocycles. The molecule has 3 rings (SSSR count). The molecule has 1 N–H and O–H groups in total. The van der Waals surface area contributed by atoms with Crippen molar-refractivity contribution in [2.24, 2.45) is 0 Å². The van der Waals surface area contributed by atoms with E-state index >= 15 is 0 Å². The van der Waals surface area contributed by atoms with Crippen LogP contribution in [0.5, 0.6) is 0 Å². The van der Waals surface area contributed by atoms with Crippen molar-refractivity contribution in [3.63, 3.8) is 0 Å². The Hall–Kier alpha value is -3.04. The molecule has 9 heteroatoms. The lowest BCUT2D eigenvalue weighted by Crippen LogP contribution is -2.35. The average Bonchev–Trinajstić information content (AvgIpc) is 3.12. The summed E-state index contributed by atoms with van der Waals surface area (Å²) in [6.07, 6.45) is 2.49. The lowest BCUT2D eigenvalue weighted by molar-refractivity contribution is -0.137. The number of benzene rings is 2. The monoisotopic (exact) mass is 403 g/mol. The summed E-state index contributed by atoms with van der Waals surface area (Å²) in [6.45, 7) is 0.870. The summed E-state index contributed by atoms with van der Waals surface area (Å²) >= 11 is 0. The third kappa shape index (κ3) is 4.44. The molecule has 1 heterocycles. The molecule has 2 aromatic carbocycles. The molecule has 0 bridgehead atoms. The van der Waals surface area contributed by atoms with Crippen LogP contribution in [0, 0.1) is 12.7 Å². The number of sulfonamides is 1. The van der Waals surface area contributed by atoms with E-state index in [0.717, 1.165) is 16.1 Å². The number of carboxylic acids is 1. The van der Waals surface area contributed by atoms with Gasteiger partial charge < -0.3 is 5.11 Å². The molecule has 3 aromatic rings. The number of carboxylic acid groups (broad SMARTS) is 1. The maximum atomic E-state index is 13.4. The van der Waals surface area contributed by atoms with Gasteiger partial charge in [-0.3, -0.25) is 4.79 Å². The molecule has 0 fully saturated rings. The van der Waals surface area contributed by atoms with Gasteiger partial charge in [0.15, 0.2) is 0 Å². The normalized spacial score (nSPS) is 11.7. The Labute approximate surface area is 161 Å². The van der Waals surface area contributed by atoms with E-state index in [1.165, 1.54) is 35.1 Å². The zero-order valence-electron chi connectivity index (χ0n) is 15.0. The summed E-state index contributed by atoms with van der Waals surface area (Å²) in [4.78, 5) is 11.1. The van der Waals surface area contributed by atoms with E-state index in [2.05, 4.69) is 5.10 Å². The second-order valence-electron chi connectivity index (χ2n) is 6.26. The minimum absolute atomic E-state index is 0.147. The molecule has 0 aliphatic heterocycles. The molecule has 28 heavy (non-hydrogen) atoms. The molecule has 0 spiro atoms. The van der Waals surface area contributed by atoms with Crippen molar-refractivity contribution in [1.29, 1.82) is 0 Å². The van der Waals surface area contributed by atoms with Crippen molar-refractivity contribution in [3.05, 3.63) is 77.9 Å². The van der Waals surface area contributed by atoms with Crippen molar-refractivity contribution in [2.45, 2.75) is 18.4 Å². The molecular formula is C19H18FN3O4S. The van der Waals surface area contributed by atoms with E-state index in [-0.39, 0.29) is 11.4 Å². The van der Waals surface area contributed by atoms with Crippen molar-refractivity contribution in [3.8, 4) is 5.69 Å². The van der Waals surface area contributed by atoms with Crippen LogP contribution in [0.25, 0.3) is 5.69 Å². The number of hydrogen-bond donors (Lipinski definition) is 1. The van der Waals surface area contributed by atoms with Gasteiger partial charge in [-0.1, -0.05) is 24.3 Å². The van der Waals surface area contributed by atoms with Crippen molar-refractivity contribution in [1.82, 2.24) is 14.1 Å². The molecule has 0 aliphatic carbocycles. The van der Waals surface area contributed by atoms with Gasteiger partial charge in [0, 0.05) is 6.54 Å². The van der Waals surface area contributed by atoms with Crippen LogP contribution in [0.2, 0.25) is 0 Å². The van der Waals surface area contributed by atoms with Crippen LogP contribution in [0.3, 0.4) is 0 Å². The molecular weight excluding hydrogens is 385 g/mol. The number of rotatable bonds is 7. The fraction of sp³-hybridized carbons (Fsp3) is 0.158. The van der Waals surface area contributed by atoms with Crippen LogP contribution >= 0.6 is 0 Å². The van der Waals surface area contributed by atoms with Gasteiger partial charge >= 0.3 is 5.97 Å². The second kappa shape index (κ2) is 7.91. The number of halogens is 1. The number of aryl methyl sites for hydroxylation is 1. The van der Waals surface area contributed by atoms with Crippen molar-refractivity contribution >= 4 is 16.0 Å². The molecule has 0 atom stereocenters. The summed E-state index contributed by atoms with van der Waals surface area (Å²) in [7, 11) is -4.16. The number of aliphatic carboxylic acids is 1. The Morgan fingerprint density at radius 2 is 1.96 bits per heavy atom. The molecule has 0 aliphatic rings. The minimum Gasteiger partial charge on any atom is -0.480 e. The summed E-state index contributed by atoms with van der Waals surface area (Å²) in [5.41, 5.74) is 2.00. The fourth-order valence-corrected chi connectivity index (χ4v) is 4.03. The number of aromatic nitrogens is 2. The van der Waals surface area contributed by atoms with Crippen LogP contribution in [-0.4, -0.2) is 40.1 Å². The van der Waals surface area contributed by atoms with Gasteiger partial charge in [-0.05, 0) is 42.3 Å². The lowest BCUT2D eigenvalue weighted by atomic mass is 10.2. The van der Waals surface area contributed by atoms with Gasteiger partial charge in [-0.15, -0.1) is 0 Å². The molecule has 0 saturated carbocycles. The minimum atomic E-state index is -4.16. The SMILES string of the molecule is Cc1cccc(-n2cc(S(=O)(=O)N(CC(=O)O)Cc3cccc(F)c3)cn2)c1. The fourth-order valence-electron chi connectivity index (χ4n) is 2.72. The molecule has 0 amide bonds. The van der Waals surface area contributed by atoms with Gasteiger partial charge in [0.25, 0.3) is 0 Å². The summed E-state index contributed by atoms with van der Waals surface area (Å²) in [6, 6.07) is 12.7. The Morgan fingerprint density at radius 3 is 2.64 bits per heavy atom. The first-order chi connectivity index (χ1) is 13.3. The first kappa shape index (κ1) is 19.7. The molecule has 0 radical (unpaired) electrons. The number of hydrogen-bond acceptors (Lipinski definition) is 4. The largest absolute Gasteiger partial charge is 0.480 e. The van der Waals surface area contributed by atoms with Crippen molar-refractivity contribution < 1.29 is 22.7 Å². The molecule has 0 unspecified atom stereocenters. The Kier molecular flexibility index (Phi) is 5.57. The maximum Gasteiger partial charge on any atom is 0.318 e. The Morgan fingerprint density at radius 1 is 1.21 bits per heavy atom. The van der Waals surface area contributed by atoms with Crippen LogP contribution in [-0.2, 0) is 21.4 Å². The highest BCUT2D eigenvalue weighted by atomic mass is 32.2. The third-order valence-electron chi connectivity index (χ3n) is 4.02. The third-order valence-corrected chi connectivity index (χ3v) is 5.77. The van der Waals surface area contributed by atoms with E-state index in [1.807, 2.05) is 25.1 Å². The Balaban J connectivity index is 1.94. The first-order valence-corrected chi connectivity index (χ1v) is 9.78. The molecule has 7 nitrogen and oxygen atoms in total. The first-order valence-electron chi connectivity index (χ1n) is 8.34. The summed E-state index contributed by atoms with van der Waals surface area (Å²) < 4.78 is 41.6. The van der Waals surface area contributed by atoms with Gasteiger partial charge in [-0.2, -0.15) is 9.40 Å². The van der Waals surface area contributed by atoms with Crippen LogP contribution in [0.1, 0.15) is 11.1 Å². The zero-order chi connectivity index (χ0) is 20.3. The number of nitrogens with zero attached hydrogens (tertiary/aromatic N) is 3. The highest BCUT2D eigenvalue weighted by molar-refractivity contribution is 7.89. The quantitative estimate of drug-likeness (QED) is 0.655. The molecule has 146 valence electrons. The van der Waals surface area contributed by atoms with Gasteiger partial charge in [-0.25, -0.2) is 17.5 Å². The lowest BCUT2D eigenvalue weighted by Gasteiger charge is -2.19. The Bertz CT molecular complexity index is 1110. The van der Waals surface area contributed by atoms with E-state index < -0.39 is 28.4 Å². The van der Waals surface area contributed by atoms with Gasteiger partial charge in [0.05, 0.1) is 18.1 Å². The van der Waals surface area contributed by atoms with E-state index in [0.29, 0.717) is 11.3 Å². The summed E-state index contributed by atoms with van der Waals surface area (Å²) in [5.74, 6) is -1.84. The highest BCUT2D eigenvalue weighted by Crippen LogP contribution is 2.20. The number of carbonyl (C=O) groups is 1. The van der Waals surface area contributed by atoms with E-state index in [4.69, 9.17) is 5.11 Å². The van der Waals surface area contributed by atoms with E-state index in [9.17, 15) is 17.6 Å². The van der Waals surface area contributed by atoms with Gasteiger partial charge in [0.2, 0.25) is 10.0 Å². The maximum absolute atomic E-state index is 13.4. The standard InChI is InChI=1S/C19H18FN3O4S/c1-14-4-2-7-17(8-14)23-12-18(10-21-23)28(26,27)22(13-19(24)25)11-15-5-3-6-16(20)9-15/h2-10,12H,11,13H2,1H3,(H,24,25). The molecule has 0 saturated heterocycles. The smallest absolute Gasteiger partial charge is 0.318 e. The van der Waals surface area contributed by atoms with Crippen LogP contribution in [0.4, 0.5) is 4.39 Å². The van der Waals surface area contributed by atoms with Crippen LogP contribution < -0.4 is 0 Å². The predicted molar refractivity (Wildman–Crippen MR) is 99.9 cm³/mol. The second-order valence-corrected chi connectivity index (χ2v) is 8.19. The topological polar surface area (TPSA) is 92.5 Å². The average molecular weight is 403 g/mol. The van der Waals surface area contributed by atoms with E-state index in [1.54, 1.807) is 6.07 Å². The predicted octanol–water partition coefficient (Wildman–Crippen LogP) is 2.60.